The molecule has 1 atom stereocenters. The molecule has 0 radical (unpaired) electrons. The third-order valence-corrected chi connectivity index (χ3v) is 5.29. The van der Waals surface area contributed by atoms with Gasteiger partial charge in [-0.1, -0.05) is 74.5 Å². The van der Waals surface area contributed by atoms with Gasteiger partial charge < -0.3 is 15.4 Å². The zero-order chi connectivity index (χ0) is 17.7. The molecule has 26 heavy (non-hydrogen) atoms. The van der Waals surface area contributed by atoms with Crippen molar-refractivity contribution in [1.29, 1.82) is 0 Å². The average molecular weight is 375 g/mol. The van der Waals surface area contributed by atoms with E-state index in [-0.39, 0.29) is 23.9 Å². The van der Waals surface area contributed by atoms with Crippen LogP contribution in [-0.2, 0) is 4.74 Å². The standard InChI is InChI=1S/C22H30N2O.ClH/c1-22(2)17-24(14-13-20(22)23)15-16-25-21(18-9-5-3-6-10-18)19-11-7-4-8-12-19;/h3-12,20-21H,13-17,23H2,1-2H3;1H. The minimum atomic E-state index is -0.0116. The van der Waals surface area contributed by atoms with Gasteiger partial charge in [0.15, 0.2) is 0 Å². The number of ether oxygens (including phenoxy) is 1. The van der Waals surface area contributed by atoms with Gasteiger partial charge in [0.1, 0.15) is 6.10 Å². The van der Waals surface area contributed by atoms with Crippen molar-refractivity contribution in [2.75, 3.05) is 26.2 Å². The first-order valence-corrected chi connectivity index (χ1v) is 9.26. The van der Waals surface area contributed by atoms with E-state index in [0.29, 0.717) is 6.04 Å². The Hall–Kier alpha value is -1.39. The van der Waals surface area contributed by atoms with E-state index < -0.39 is 0 Å². The van der Waals surface area contributed by atoms with E-state index in [1.807, 2.05) is 12.1 Å². The maximum absolute atomic E-state index is 6.34. The summed E-state index contributed by atoms with van der Waals surface area (Å²) in [6.45, 7) is 8.31. The third kappa shape index (κ3) is 5.31. The number of benzene rings is 2. The summed E-state index contributed by atoms with van der Waals surface area (Å²) < 4.78 is 6.34. The molecule has 2 N–H and O–H groups in total. The van der Waals surface area contributed by atoms with E-state index in [4.69, 9.17) is 10.5 Å². The van der Waals surface area contributed by atoms with Crippen LogP contribution < -0.4 is 5.73 Å². The first-order valence-electron chi connectivity index (χ1n) is 9.26. The van der Waals surface area contributed by atoms with Crippen molar-refractivity contribution in [2.45, 2.75) is 32.4 Å². The number of hydrogen-bond acceptors (Lipinski definition) is 3. The Morgan fingerprint density at radius 1 is 1.04 bits per heavy atom. The van der Waals surface area contributed by atoms with Crippen LogP contribution in [0.1, 0.15) is 37.5 Å². The van der Waals surface area contributed by atoms with Crippen LogP contribution in [0.25, 0.3) is 0 Å². The van der Waals surface area contributed by atoms with Gasteiger partial charge in [0, 0.05) is 19.1 Å². The average Bonchev–Trinajstić information content (AvgIpc) is 2.63. The minimum absolute atomic E-state index is 0. The number of nitrogens with zero attached hydrogens (tertiary/aromatic N) is 1. The van der Waals surface area contributed by atoms with Gasteiger partial charge in [0.05, 0.1) is 6.61 Å². The topological polar surface area (TPSA) is 38.5 Å². The highest BCUT2D eigenvalue weighted by Crippen LogP contribution is 2.28. The molecule has 2 aromatic carbocycles. The molecule has 0 amide bonds. The van der Waals surface area contributed by atoms with Crippen molar-refractivity contribution in [2.24, 2.45) is 11.1 Å². The van der Waals surface area contributed by atoms with E-state index in [0.717, 1.165) is 32.7 Å². The van der Waals surface area contributed by atoms with Gasteiger partial charge in [0.25, 0.3) is 0 Å². The molecular weight excluding hydrogens is 344 g/mol. The molecule has 4 heteroatoms. The lowest BCUT2D eigenvalue weighted by molar-refractivity contribution is 0.0321. The van der Waals surface area contributed by atoms with Crippen LogP contribution in [0.3, 0.4) is 0 Å². The largest absolute Gasteiger partial charge is 0.367 e. The molecule has 0 saturated carbocycles. The molecule has 1 aliphatic rings. The molecule has 0 bridgehead atoms. The lowest BCUT2D eigenvalue weighted by Gasteiger charge is -2.42. The smallest absolute Gasteiger partial charge is 0.108 e. The Morgan fingerprint density at radius 3 is 2.08 bits per heavy atom. The lowest BCUT2D eigenvalue weighted by Crippen LogP contribution is -2.52. The Kier molecular flexibility index (Phi) is 7.66. The van der Waals surface area contributed by atoms with Gasteiger partial charge in [-0.15, -0.1) is 12.4 Å². The Balaban J connectivity index is 0.00000243. The molecule has 1 aliphatic heterocycles. The van der Waals surface area contributed by atoms with Crippen molar-refractivity contribution in [3.63, 3.8) is 0 Å². The van der Waals surface area contributed by atoms with Crippen molar-refractivity contribution in [3.05, 3.63) is 71.8 Å². The highest BCUT2D eigenvalue weighted by atomic mass is 35.5. The number of piperidine rings is 1. The van der Waals surface area contributed by atoms with E-state index >= 15 is 0 Å². The molecule has 2 aromatic rings. The summed E-state index contributed by atoms with van der Waals surface area (Å²) in [6.07, 6.45) is 1.05. The van der Waals surface area contributed by atoms with Crippen molar-refractivity contribution < 1.29 is 4.74 Å². The fraction of sp³-hybridized carbons (Fsp3) is 0.455. The predicted octanol–water partition coefficient (Wildman–Crippen LogP) is 4.27. The second kappa shape index (κ2) is 9.52. The molecule has 0 aliphatic carbocycles. The van der Waals surface area contributed by atoms with Gasteiger partial charge in [-0.25, -0.2) is 0 Å². The van der Waals surface area contributed by atoms with Crippen LogP contribution in [0.5, 0.6) is 0 Å². The van der Waals surface area contributed by atoms with E-state index in [2.05, 4.69) is 67.3 Å². The van der Waals surface area contributed by atoms with Crippen molar-refractivity contribution >= 4 is 12.4 Å². The maximum Gasteiger partial charge on any atom is 0.108 e. The van der Waals surface area contributed by atoms with E-state index in [1.165, 1.54) is 11.1 Å². The van der Waals surface area contributed by atoms with Crippen molar-refractivity contribution in [1.82, 2.24) is 4.90 Å². The number of hydrogen-bond donors (Lipinski definition) is 1. The number of likely N-dealkylation sites (tertiary alicyclic amines) is 1. The fourth-order valence-corrected chi connectivity index (χ4v) is 3.62. The minimum Gasteiger partial charge on any atom is -0.367 e. The zero-order valence-corrected chi connectivity index (χ0v) is 16.6. The van der Waals surface area contributed by atoms with Gasteiger partial charge in [-0.05, 0) is 29.5 Å². The molecular formula is C22H31ClN2O. The fourth-order valence-electron chi connectivity index (χ4n) is 3.62. The van der Waals surface area contributed by atoms with Crippen LogP contribution in [0.4, 0.5) is 0 Å². The molecule has 142 valence electrons. The number of nitrogens with two attached hydrogens (primary N) is 1. The quantitative estimate of drug-likeness (QED) is 0.820. The Labute approximate surface area is 163 Å². The highest BCUT2D eigenvalue weighted by Gasteiger charge is 2.33. The molecule has 1 unspecified atom stereocenters. The Bertz CT molecular complexity index is 608. The number of rotatable bonds is 6. The SMILES string of the molecule is CC1(C)CN(CCOC(c2ccccc2)c2ccccc2)CCC1N.Cl. The monoisotopic (exact) mass is 374 g/mol. The van der Waals surface area contributed by atoms with Gasteiger partial charge >= 0.3 is 0 Å². The molecule has 1 fully saturated rings. The second-order valence-electron chi connectivity index (χ2n) is 7.73. The van der Waals surface area contributed by atoms with E-state index in [1.54, 1.807) is 0 Å². The first kappa shape index (κ1) is 20.9. The molecule has 1 saturated heterocycles. The lowest BCUT2D eigenvalue weighted by atomic mass is 9.80. The van der Waals surface area contributed by atoms with Gasteiger partial charge in [-0.3, -0.25) is 0 Å². The third-order valence-electron chi connectivity index (χ3n) is 5.29. The summed E-state index contributed by atoms with van der Waals surface area (Å²) >= 11 is 0. The summed E-state index contributed by atoms with van der Waals surface area (Å²) in [4.78, 5) is 2.48. The van der Waals surface area contributed by atoms with Crippen LogP contribution in [-0.4, -0.2) is 37.2 Å². The molecule has 0 spiro atoms. The normalized spacial score (nSPS) is 19.9. The van der Waals surface area contributed by atoms with Gasteiger partial charge in [-0.2, -0.15) is 0 Å². The first-order chi connectivity index (χ1) is 12.1. The molecule has 3 nitrogen and oxygen atoms in total. The zero-order valence-electron chi connectivity index (χ0n) is 15.8. The molecule has 1 heterocycles. The summed E-state index contributed by atoms with van der Waals surface area (Å²) in [5.41, 5.74) is 8.83. The Morgan fingerprint density at radius 2 is 1.58 bits per heavy atom. The van der Waals surface area contributed by atoms with Crippen LogP contribution in [0.2, 0.25) is 0 Å². The highest BCUT2D eigenvalue weighted by molar-refractivity contribution is 5.85. The summed E-state index contributed by atoms with van der Waals surface area (Å²) in [6, 6.07) is 21.2. The predicted molar refractivity (Wildman–Crippen MR) is 111 cm³/mol. The molecule has 0 aromatic heterocycles. The summed E-state index contributed by atoms with van der Waals surface area (Å²) in [7, 11) is 0. The van der Waals surface area contributed by atoms with E-state index in [9.17, 15) is 0 Å². The van der Waals surface area contributed by atoms with Crippen LogP contribution in [0, 0.1) is 5.41 Å². The molecule has 3 rings (SSSR count). The second-order valence-corrected chi connectivity index (χ2v) is 7.73. The van der Waals surface area contributed by atoms with Crippen LogP contribution in [0.15, 0.2) is 60.7 Å². The summed E-state index contributed by atoms with van der Waals surface area (Å²) in [5, 5.41) is 0. The maximum atomic E-state index is 6.34. The van der Waals surface area contributed by atoms with Gasteiger partial charge in [0.2, 0.25) is 0 Å². The van der Waals surface area contributed by atoms with Crippen molar-refractivity contribution in [3.8, 4) is 0 Å². The van der Waals surface area contributed by atoms with Crippen LogP contribution >= 0.6 is 12.4 Å². The summed E-state index contributed by atoms with van der Waals surface area (Å²) in [5.74, 6) is 0. The number of halogens is 1.